The number of fused-ring (bicyclic) bond motifs is 1. The fourth-order valence-corrected chi connectivity index (χ4v) is 2.84. The zero-order valence-corrected chi connectivity index (χ0v) is 14.0. The molecule has 3 aromatic rings. The summed E-state index contributed by atoms with van der Waals surface area (Å²) in [6.07, 6.45) is 3.38. The molecule has 5 nitrogen and oxygen atoms in total. The summed E-state index contributed by atoms with van der Waals surface area (Å²) < 4.78 is 11.3. The Kier molecular flexibility index (Phi) is 4.86. The van der Waals surface area contributed by atoms with Crippen LogP contribution in [0.15, 0.2) is 65.7 Å². The Hall–Kier alpha value is -2.73. The van der Waals surface area contributed by atoms with Crippen LogP contribution >= 0.6 is 0 Å². The molecule has 0 aliphatic rings. The van der Waals surface area contributed by atoms with Crippen molar-refractivity contribution in [3.05, 3.63) is 66.4 Å². The number of nitrogens with zero attached hydrogens (tertiary/aromatic N) is 1. The van der Waals surface area contributed by atoms with Gasteiger partial charge >= 0.3 is 6.03 Å². The molecule has 0 spiro atoms. The van der Waals surface area contributed by atoms with E-state index in [1.165, 1.54) is 0 Å². The van der Waals surface area contributed by atoms with Crippen LogP contribution in [-0.2, 0) is 17.3 Å². The monoisotopic (exact) mass is 339 g/mol. The number of urea groups is 1. The van der Waals surface area contributed by atoms with E-state index in [0.29, 0.717) is 12.2 Å². The van der Waals surface area contributed by atoms with Gasteiger partial charge < -0.3 is 10.6 Å². The second kappa shape index (κ2) is 7.23. The number of rotatable bonds is 4. The molecule has 0 saturated carbocycles. The molecular weight excluding hydrogens is 322 g/mol. The first-order chi connectivity index (χ1) is 11.6. The fourth-order valence-electron chi connectivity index (χ4n) is 2.32. The molecule has 0 radical (unpaired) electrons. The number of aromatic nitrogens is 1. The van der Waals surface area contributed by atoms with Crippen molar-refractivity contribution in [1.82, 2.24) is 10.3 Å². The van der Waals surface area contributed by atoms with Gasteiger partial charge in [-0.15, -0.1) is 0 Å². The van der Waals surface area contributed by atoms with E-state index in [-0.39, 0.29) is 6.03 Å². The first-order valence-electron chi connectivity index (χ1n) is 7.44. The highest BCUT2D eigenvalue weighted by Gasteiger charge is 2.04. The van der Waals surface area contributed by atoms with Crippen molar-refractivity contribution in [2.75, 3.05) is 11.6 Å². The minimum atomic E-state index is -1.02. The number of hydrogen-bond donors (Lipinski definition) is 2. The van der Waals surface area contributed by atoms with Gasteiger partial charge in [0.25, 0.3) is 0 Å². The van der Waals surface area contributed by atoms with E-state index in [1.54, 1.807) is 36.7 Å². The Labute approximate surface area is 142 Å². The van der Waals surface area contributed by atoms with Crippen LogP contribution in [0.3, 0.4) is 0 Å². The SMILES string of the molecule is C[S@@](=O)c1ccc(NC(=O)NCc2ccc3ncccc3c2)cc1. The summed E-state index contributed by atoms with van der Waals surface area (Å²) in [4.78, 5) is 17.0. The maximum Gasteiger partial charge on any atom is 0.319 e. The molecule has 1 aromatic heterocycles. The summed E-state index contributed by atoms with van der Waals surface area (Å²) in [6.45, 7) is 0.424. The molecule has 6 heteroatoms. The minimum Gasteiger partial charge on any atom is -0.334 e. The lowest BCUT2D eigenvalue weighted by atomic mass is 10.1. The van der Waals surface area contributed by atoms with Gasteiger partial charge in [-0.25, -0.2) is 4.79 Å². The molecule has 1 atom stereocenters. The highest BCUT2D eigenvalue weighted by Crippen LogP contribution is 2.14. The molecule has 0 fully saturated rings. The summed E-state index contributed by atoms with van der Waals surface area (Å²) in [5.74, 6) is 0. The van der Waals surface area contributed by atoms with Gasteiger partial charge in [0.2, 0.25) is 0 Å². The topological polar surface area (TPSA) is 71.1 Å². The Bertz CT molecular complexity index is 894. The first-order valence-corrected chi connectivity index (χ1v) is 8.99. The summed E-state index contributed by atoms with van der Waals surface area (Å²) in [5.41, 5.74) is 2.59. The lowest BCUT2D eigenvalue weighted by molar-refractivity contribution is 0.251. The van der Waals surface area contributed by atoms with Crippen LogP contribution in [0, 0.1) is 0 Å². The maximum atomic E-state index is 12.0. The van der Waals surface area contributed by atoms with Gasteiger partial charge in [0.15, 0.2) is 0 Å². The van der Waals surface area contributed by atoms with Gasteiger partial charge in [0.05, 0.1) is 5.52 Å². The van der Waals surface area contributed by atoms with Crippen LogP contribution in [0.1, 0.15) is 5.56 Å². The molecule has 0 unspecified atom stereocenters. The van der Waals surface area contributed by atoms with Gasteiger partial charge in [-0.2, -0.15) is 0 Å². The van der Waals surface area contributed by atoms with Crippen molar-refractivity contribution in [3.63, 3.8) is 0 Å². The molecule has 0 aliphatic heterocycles. The van der Waals surface area contributed by atoms with E-state index in [0.717, 1.165) is 21.4 Å². The maximum absolute atomic E-state index is 12.0. The third-order valence-corrected chi connectivity index (χ3v) is 4.50. The van der Waals surface area contributed by atoms with E-state index >= 15 is 0 Å². The molecule has 0 aliphatic carbocycles. The molecule has 2 amide bonds. The van der Waals surface area contributed by atoms with Crippen LogP contribution < -0.4 is 10.6 Å². The van der Waals surface area contributed by atoms with E-state index in [4.69, 9.17) is 0 Å². The van der Waals surface area contributed by atoms with Crippen LogP contribution in [0.2, 0.25) is 0 Å². The van der Waals surface area contributed by atoms with E-state index in [2.05, 4.69) is 15.6 Å². The molecule has 0 saturated heterocycles. The predicted molar refractivity (Wildman–Crippen MR) is 96.4 cm³/mol. The average molecular weight is 339 g/mol. The second-order valence-electron chi connectivity index (χ2n) is 5.32. The predicted octanol–water partition coefficient (Wildman–Crippen LogP) is 3.29. The van der Waals surface area contributed by atoms with Crippen molar-refractivity contribution < 1.29 is 9.00 Å². The largest absolute Gasteiger partial charge is 0.334 e. The van der Waals surface area contributed by atoms with Crippen molar-refractivity contribution >= 4 is 33.4 Å². The Morgan fingerprint density at radius 3 is 2.67 bits per heavy atom. The van der Waals surface area contributed by atoms with Gasteiger partial charge in [0, 0.05) is 45.8 Å². The molecule has 2 aromatic carbocycles. The normalized spacial score (nSPS) is 11.9. The third kappa shape index (κ3) is 3.97. The number of nitrogens with one attached hydrogen (secondary N) is 2. The Balaban J connectivity index is 1.59. The van der Waals surface area contributed by atoms with Crippen LogP contribution in [0.25, 0.3) is 10.9 Å². The molecule has 2 N–H and O–H groups in total. The number of benzene rings is 2. The Morgan fingerprint density at radius 1 is 1.12 bits per heavy atom. The van der Waals surface area contributed by atoms with Crippen LogP contribution in [0.4, 0.5) is 10.5 Å². The molecular formula is C18H17N3O2S. The summed E-state index contributed by atoms with van der Waals surface area (Å²) in [7, 11) is -1.02. The van der Waals surface area contributed by atoms with E-state index in [9.17, 15) is 9.00 Å². The highest BCUT2D eigenvalue weighted by atomic mass is 32.2. The number of anilines is 1. The number of carbonyl (C=O) groups is 1. The first kappa shape index (κ1) is 16.1. The lowest BCUT2D eigenvalue weighted by Gasteiger charge is -2.09. The zero-order valence-electron chi connectivity index (χ0n) is 13.2. The van der Waals surface area contributed by atoms with Gasteiger partial charge in [0.1, 0.15) is 0 Å². The molecule has 0 bridgehead atoms. The summed E-state index contributed by atoms with van der Waals surface area (Å²) in [5, 5.41) is 6.62. The van der Waals surface area contributed by atoms with Crippen molar-refractivity contribution in [3.8, 4) is 0 Å². The van der Waals surface area contributed by atoms with E-state index in [1.807, 2.05) is 30.3 Å². The third-order valence-electron chi connectivity index (χ3n) is 3.56. The van der Waals surface area contributed by atoms with Gasteiger partial charge in [-0.05, 0) is 48.0 Å². The molecule has 1 heterocycles. The molecule has 122 valence electrons. The van der Waals surface area contributed by atoms with Crippen LogP contribution in [-0.4, -0.2) is 21.5 Å². The van der Waals surface area contributed by atoms with Crippen molar-refractivity contribution in [2.24, 2.45) is 0 Å². The fraction of sp³-hybridized carbons (Fsp3) is 0.111. The molecule has 24 heavy (non-hydrogen) atoms. The average Bonchev–Trinajstić information content (AvgIpc) is 2.60. The second-order valence-corrected chi connectivity index (χ2v) is 6.70. The number of carbonyl (C=O) groups excluding carboxylic acids is 1. The Morgan fingerprint density at radius 2 is 1.92 bits per heavy atom. The standard InChI is InChI=1S/C18H17N3O2S/c1-24(23)16-7-5-15(6-8-16)21-18(22)20-12-13-4-9-17-14(11-13)3-2-10-19-17/h2-11H,12H2,1H3,(H2,20,21,22)/t24-/m1/s1. The van der Waals surface area contributed by atoms with Crippen molar-refractivity contribution in [2.45, 2.75) is 11.4 Å². The summed E-state index contributed by atoms with van der Waals surface area (Å²) >= 11 is 0. The van der Waals surface area contributed by atoms with Gasteiger partial charge in [-0.3, -0.25) is 9.19 Å². The molecule has 3 rings (SSSR count). The summed E-state index contributed by atoms with van der Waals surface area (Å²) in [6, 6.07) is 16.4. The highest BCUT2D eigenvalue weighted by molar-refractivity contribution is 7.84. The van der Waals surface area contributed by atoms with E-state index < -0.39 is 10.8 Å². The van der Waals surface area contributed by atoms with Gasteiger partial charge in [-0.1, -0.05) is 12.1 Å². The lowest BCUT2D eigenvalue weighted by Crippen LogP contribution is -2.28. The smallest absolute Gasteiger partial charge is 0.319 e. The van der Waals surface area contributed by atoms with Crippen LogP contribution in [0.5, 0.6) is 0 Å². The number of pyridine rings is 1. The minimum absolute atomic E-state index is 0.286. The number of amides is 2. The number of hydrogen-bond acceptors (Lipinski definition) is 3. The van der Waals surface area contributed by atoms with Crippen molar-refractivity contribution in [1.29, 1.82) is 0 Å². The zero-order chi connectivity index (χ0) is 16.9. The quantitative estimate of drug-likeness (QED) is 0.766.